The van der Waals surface area contributed by atoms with Crippen molar-refractivity contribution < 1.29 is 13.6 Å². The van der Waals surface area contributed by atoms with Crippen LogP contribution in [0.4, 0.5) is 8.78 Å². The molecule has 4 nitrogen and oxygen atoms in total. The fourth-order valence-electron chi connectivity index (χ4n) is 2.75. The molecule has 2 heterocycles. The molecule has 1 saturated heterocycles. The summed E-state index contributed by atoms with van der Waals surface area (Å²) in [6.07, 6.45) is -0.0768. The second kappa shape index (κ2) is 4.59. The third-order valence-electron chi connectivity index (χ3n) is 3.82. The lowest BCUT2D eigenvalue weighted by Gasteiger charge is -2.26. The molecular formula is C13H17F2N3O. The summed E-state index contributed by atoms with van der Waals surface area (Å²) in [5, 5.41) is 3.18. The molecule has 3 rings (SSSR count). The molecule has 0 radical (unpaired) electrons. The summed E-state index contributed by atoms with van der Waals surface area (Å²) >= 11 is 0. The predicted octanol–water partition coefficient (Wildman–Crippen LogP) is 1.18. The van der Waals surface area contributed by atoms with Crippen LogP contribution >= 0.6 is 0 Å². The molecule has 1 aliphatic heterocycles. The van der Waals surface area contributed by atoms with Gasteiger partial charge in [0.2, 0.25) is 0 Å². The number of piperazine rings is 1. The highest BCUT2D eigenvalue weighted by molar-refractivity contribution is 5.93. The van der Waals surface area contributed by atoms with Crippen LogP contribution in [0.5, 0.6) is 0 Å². The minimum atomic E-state index is -2.63. The van der Waals surface area contributed by atoms with E-state index in [9.17, 15) is 13.6 Å². The Kier molecular flexibility index (Phi) is 3.05. The van der Waals surface area contributed by atoms with Gasteiger partial charge >= 0.3 is 0 Å². The molecule has 0 aromatic carbocycles. The summed E-state index contributed by atoms with van der Waals surface area (Å²) in [5.41, 5.74) is 1.84. The molecule has 0 spiro atoms. The van der Waals surface area contributed by atoms with Gasteiger partial charge in [0, 0.05) is 44.7 Å². The van der Waals surface area contributed by atoms with Gasteiger partial charge in [-0.1, -0.05) is 0 Å². The zero-order valence-corrected chi connectivity index (χ0v) is 10.6. The summed E-state index contributed by atoms with van der Waals surface area (Å²) in [6, 6.07) is 1.60. The highest BCUT2D eigenvalue weighted by atomic mass is 19.3. The Bertz CT molecular complexity index is 492. The zero-order chi connectivity index (χ0) is 13.5. The Morgan fingerprint density at radius 2 is 2.05 bits per heavy atom. The van der Waals surface area contributed by atoms with Crippen molar-refractivity contribution in [2.24, 2.45) is 0 Å². The first-order valence-electron chi connectivity index (χ1n) is 6.64. The number of carbonyl (C=O) groups is 1. The predicted molar refractivity (Wildman–Crippen MR) is 66.5 cm³/mol. The molecule has 1 amide bonds. The SMILES string of the molecule is O=C(c1cc2c([nH]1)CCC(F)(F)C2)N1CCNCC1. The summed E-state index contributed by atoms with van der Waals surface area (Å²) in [4.78, 5) is 17.0. The number of nitrogens with one attached hydrogen (secondary N) is 2. The molecule has 1 aromatic rings. The number of hydrogen-bond acceptors (Lipinski definition) is 2. The standard InChI is InChI=1S/C13H17F2N3O/c14-13(15)2-1-10-9(8-13)7-11(17-10)12(19)18-5-3-16-4-6-18/h7,16-17H,1-6,8H2. The molecule has 0 bridgehead atoms. The van der Waals surface area contributed by atoms with E-state index in [0.29, 0.717) is 30.8 Å². The van der Waals surface area contributed by atoms with Crippen LogP contribution in [0.3, 0.4) is 0 Å². The molecule has 1 aromatic heterocycles. The van der Waals surface area contributed by atoms with Crippen molar-refractivity contribution in [1.82, 2.24) is 15.2 Å². The van der Waals surface area contributed by atoms with Crippen molar-refractivity contribution in [3.05, 3.63) is 23.0 Å². The van der Waals surface area contributed by atoms with Gasteiger partial charge in [0.25, 0.3) is 11.8 Å². The number of aryl methyl sites for hydroxylation is 1. The smallest absolute Gasteiger partial charge is 0.270 e. The van der Waals surface area contributed by atoms with Crippen LogP contribution in [0, 0.1) is 0 Å². The Hall–Kier alpha value is -1.43. The van der Waals surface area contributed by atoms with Crippen LogP contribution in [0.1, 0.15) is 28.2 Å². The average molecular weight is 269 g/mol. The maximum absolute atomic E-state index is 13.3. The number of aromatic nitrogens is 1. The van der Waals surface area contributed by atoms with E-state index in [2.05, 4.69) is 10.3 Å². The molecule has 1 aliphatic carbocycles. The van der Waals surface area contributed by atoms with Crippen LogP contribution < -0.4 is 5.32 Å². The molecule has 0 atom stereocenters. The second-order valence-corrected chi connectivity index (χ2v) is 5.26. The number of fused-ring (bicyclic) bond motifs is 1. The number of nitrogens with zero attached hydrogens (tertiary/aromatic N) is 1. The van der Waals surface area contributed by atoms with Gasteiger partial charge in [-0.3, -0.25) is 4.79 Å². The number of rotatable bonds is 1. The molecule has 2 N–H and O–H groups in total. The van der Waals surface area contributed by atoms with Crippen molar-refractivity contribution in [2.75, 3.05) is 26.2 Å². The third kappa shape index (κ3) is 2.49. The molecule has 1 fully saturated rings. The lowest BCUT2D eigenvalue weighted by Crippen LogP contribution is -2.46. The Labute approximate surface area is 110 Å². The number of halogens is 2. The van der Waals surface area contributed by atoms with E-state index in [0.717, 1.165) is 18.8 Å². The monoisotopic (exact) mass is 269 g/mol. The van der Waals surface area contributed by atoms with E-state index in [-0.39, 0.29) is 18.7 Å². The van der Waals surface area contributed by atoms with Gasteiger partial charge in [0.1, 0.15) is 5.69 Å². The van der Waals surface area contributed by atoms with E-state index >= 15 is 0 Å². The van der Waals surface area contributed by atoms with Crippen molar-refractivity contribution >= 4 is 5.91 Å². The number of hydrogen-bond donors (Lipinski definition) is 2. The summed E-state index contributed by atoms with van der Waals surface area (Å²) in [5.74, 6) is -2.72. The second-order valence-electron chi connectivity index (χ2n) is 5.26. The fourth-order valence-corrected chi connectivity index (χ4v) is 2.75. The van der Waals surface area contributed by atoms with E-state index in [1.54, 1.807) is 11.0 Å². The first-order chi connectivity index (χ1) is 9.05. The first-order valence-corrected chi connectivity index (χ1v) is 6.64. The van der Waals surface area contributed by atoms with Gasteiger partial charge in [-0.25, -0.2) is 8.78 Å². The average Bonchev–Trinajstić information content (AvgIpc) is 2.80. The molecule has 0 saturated carbocycles. The topological polar surface area (TPSA) is 48.1 Å². The first kappa shape index (κ1) is 12.6. The lowest BCUT2D eigenvalue weighted by molar-refractivity contribution is -0.0124. The molecule has 2 aliphatic rings. The van der Waals surface area contributed by atoms with Gasteiger partial charge in [-0.15, -0.1) is 0 Å². The van der Waals surface area contributed by atoms with Crippen LogP contribution in [-0.4, -0.2) is 47.9 Å². The Morgan fingerprint density at radius 1 is 1.32 bits per heavy atom. The summed E-state index contributed by atoms with van der Waals surface area (Å²) in [6.45, 7) is 2.89. The summed E-state index contributed by atoms with van der Waals surface area (Å²) < 4.78 is 26.7. The van der Waals surface area contributed by atoms with E-state index in [4.69, 9.17) is 0 Å². The Morgan fingerprint density at radius 3 is 2.79 bits per heavy atom. The van der Waals surface area contributed by atoms with Gasteiger partial charge < -0.3 is 15.2 Å². The van der Waals surface area contributed by atoms with Gasteiger partial charge in [0.05, 0.1) is 0 Å². The molecule has 19 heavy (non-hydrogen) atoms. The van der Waals surface area contributed by atoms with Gasteiger partial charge in [-0.2, -0.15) is 0 Å². The highest BCUT2D eigenvalue weighted by Crippen LogP contribution is 2.33. The maximum Gasteiger partial charge on any atom is 0.270 e. The number of amides is 1. The van der Waals surface area contributed by atoms with Crippen LogP contribution in [0.2, 0.25) is 0 Å². The molecule has 0 unspecified atom stereocenters. The minimum Gasteiger partial charge on any atom is -0.354 e. The fraction of sp³-hybridized carbons (Fsp3) is 0.615. The van der Waals surface area contributed by atoms with Gasteiger partial charge in [-0.05, 0) is 18.1 Å². The Balaban J connectivity index is 1.79. The number of aromatic amines is 1. The normalized spacial score (nSPS) is 22.1. The highest BCUT2D eigenvalue weighted by Gasteiger charge is 2.35. The van der Waals surface area contributed by atoms with Crippen molar-refractivity contribution in [3.63, 3.8) is 0 Å². The van der Waals surface area contributed by atoms with E-state index in [1.807, 2.05) is 0 Å². The maximum atomic E-state index is 13.3. The molecule has 6 heteroatoms. The zero-order valence-electron chi connectivity index (χ0n) is 10.6. The van der Waals surface area contributed by atoms with Crippen molar-refractivity contribution in [2.45, 2.75) is 25.2 Å². The van der Waals surface area contributed by atoms with Crippen molar-refractivity contribution in [3.8, 4) is 0 Å². The van der Waals surface area contributed by atoms with Crippen LogP contribution in [0.25, 0.3) is 0 Å². The van der Waals surface area contributed by atoms with E-state index < -0.39 is 5.92 Å². The van der Waals surface area contributed by atoms with Crippen LogP contribution in [-0.2, 0) is 12.8 Å². The minimum absolute atomic E-state index is 0.0841. The molecular weight excluding hydrogens is 252 g/mol. The number of H-pyrrole nitrogens is 1. The number of carbonyl (C=O) groups excluding carboxylic acids is 1. The number of alkyl halides is 2. The van der Waals surface area contributed by atoms with Crippen molar-refractivity contribution in [1.29, 1.82) is 0 Å². The quantitative estimate of drug-likeness (QED) is 0.804. The van der Waals surface area contributed by atoms with Crippen LogP contribution in [0.15, 0.2) is 6.07 Å². The largest absolute Gasteiger partial charge is 0.354 e. The lowest BCUT2D eigenvalue weighted by atomic mass is 9.95. The summed E-state index contributed by atoms with van der Waals surface area (Å²) in [7, 11) is 0. The van der Waals surface area contributed by atoms with E-state index in [1.165, 1.54) is 0 Å². The molecule has 104 valence electrons. The third-order valence-corrected chi connectivity index (χ3v) is 3.82. The van der Waals surface area contributed by atoms with Gasteiger partial charge in [0.15, 0.2) is 0 Å².